The van der Waals surface area contributed by atoms with Gasteiger partial charge >= 0.3 is 0 Å². The van der Waals surface area contributed by atoms with E-state index in [1.807, 2.05) is 24.3 Å². The van der Waals surface area contributed by atoms with E-state index in [1.54, 1.807) is 12.3 Å². The molecule has 3 rings (SSSR count). The lowest BCUT2D eigenvalue weighted by Gasteiger charge is -2.36. The standard InChI is InChI=1S/C16H15ClN4/c17-14-2-1-3-15(11-14)20-6-8-21(9-7-20)16-10-13(12-18)4-5-19-16/h1-5,10-11H,6-9H2. The molecule has 0 amide bonds. The maximum Gasteiger partial charge on any atom is 0.129 e. The highest BCUT2D eigenvalue weighted by atomic mass is 35.5. The molecule has 21 heavy (non-hydrogen) atoms. The van der Waals surface area contributed by atoms with Crippen LogP contribution >= 0.6 is 11.6 Å². The Balaban J connectivity index is 1.69. The van der Waals surface area contributed by atoms with Crippen LogP contribution in [-0.2, 0) is 0 Å². The molecule has 1 saturated heterocycles. The van der Waals surface area contributed by atoms with Gasteiger partial charge in [-0.05, 0) is 30.3 Å². The summed E-state index contributed by atoms with van der Waals surface area (Å²) < 4.78 is 0. The van der Waals surface area contributed by atoms with Crippen LogP contribution in [-0.4, -0.2) is 31.2 Å². The van der Waals surface area contributed by atoms with E-state index < -0.39 is 0 Å². The zero-order valence-corrected chi connectivity index (χ0v) is 12.3. The lowest BCUT2D eigenvalue weighted by molar-refractivity contribution is 0.647. The Kier molecular flexibility index (Phi) is 3.94. The third-order valence-corrected chi connectivity index (χ3v) is 3.89. The minimum Gasteiger partial charge on any atom is -0.368 e. The fraction of sp³-hybridized carbons (Fsp3) is 0.250. The summed E-state index contributed by atoms with van der Waals surface area (Å²) in [6.45, 7) is 3.60. The molecule has 0 bridgehead atoms. The van der Waals surface area contributed by atoms with Gasteiger partial charge in [0, 0.05) is 43.1 Å². The number of hydrogen-bond donors (Lipinski definition) is 0. The van der Waals surface area contributed by atoms with E-state index in [4.69, 9.17) is 16.9 Å². The summed E-state index contributed by atoms with van der Waals surface area (Å²) in [7, 11) is 0. The van der Waals surface area contributed by atoms with Gasteiger partial charge in [-0.15, -0.1) is 0 Å². The van der Waals surface area contributed by atoms with Crippen molar-refractivity contribution in [3.05, 3.63) is 53.2 Å². The van der Waals surface area contributed by atoms with Crippen molar-refractivity contribution in [2.45, 2.75) is 0 Å². The Labute approximate surface area is 129 Å². The van der Waals surface area contributed by atoms with Crippen LogP contribution in [0.2, 0.25) is 5.02 Å². The first-order valence-corrected chi connectivity index (χ1v) is 7.26. The number of nitriles is 1. The van der Waals surface area contributed by atoms with Gasteiger partial charge < -0.3 is 9.80 Å². The second kappa shape index (κ2) is 6.02. The van der Waals surface area contributed by atoms with Crippen LogP contribution in [0.25, 0.3) is 0 Å². The summed E-state index contributed by atoms with van der Waals surface area (Å²) in [5, 5.41) is 9.72. The van der Waals surface area contributed by atoms with E-state index >= 15 is 0 Å². The van der Waals surface area contributed by atoms with Crippen LogP contribution in [0, 0.1) is 11.3 Å². The fourth-order valence-corrected chi connectivity index (χ4v) is 2.71. The molecule has 0 N–H and O–H groups in total. The van der Waals surface area contributed by atoms with Crippen LogP contribution < -0.4 is 9.80 Å². The zero-order valence-electron chi connectivity index (χ0n) is 11.5. The molecular weight excluding hydrogens is 284 g/mol. The number of nitrogens with zero attached hydrogens (tertiary/aromatic N) is 4. The first kappa shape index (κ1) is 13.7. The monoisotopic (exact) mass is 298 g/mol. The average molecular weight is 299 g/mol. The predicted molar refractivity (Wildman–Crippen MR) is 84.8 cm³/mol. The van der Waals surface area contributed by atoms with Crippen molar-refractivity contribution in [2.75, 3.05) is 36.0 Å². The lowest BCUT2D eigenvalue weighted by atomic mass is 10.2. The second-order valence-electron chi connectivity index (χ2n) is 4.97. The van der Waals surface area contributed by atoms with Crippen molar-refractivity contribution < 1.29 is 0 Å². The Morgan fingerprint density at radius 2 is 1.81 bits per heavy atom. The zero-order chi connectivity index (χ0) is 14.7. The van der Waals surface area contributed by atoms with Crippen LogP contribution in [0.5, 0.6) is 0 Å². The number of aromatic nitrogens is 1. The van der Waals surface area contributed by atoms with Crippen molar-refractivity contribution in [2.24, 2.45) is 0 Å². The highest BCUT2D eigenvalue weighted by Gasteiger charge is 2.18. The van der Waals surface area contributed by atoms with E-state index in [0.717, 1.165) is 42.7 Å². The Hall–Kier alpha value is -2.25. The topological polar surface area (TPSA) is 43.2 Å². The molecule has 0 aliphatic carbocycles. The van der Waals surface area contributed by atoms with Crippen LogP contribution in [0.1, 0.15) is 5.56 Å². The van der Waals surface area contributed by atoms with Gasteiger partial charge in [0.25, 0.3) is 0 Å². The number of benzene rings is 1. The Bertz CT molecular complexity index is 672. The summed E-state index contributed by atoms with van der Waals surface area (Å²) in [5.74, 6) is 0.875. The lowest BCUT2D eigenvalue weighted by Crippen LogP contribution is -2.46. The van der Waals surface area contributed by atoms with E-state index in [1.165, 1.54) is 0 Å². The van der Waals surface area contributed by atoms with E-state index in [-0.39, 0.29) is 0 Å². The minimum atomic E-state index is 0.650. The third kappa shape index (κ3) is 3.09. The van der Waals surface area contributed by atoms with Crippen molar-refractivity contribution in [1.82, 2.24) is 4.98 Å². The molecule has 1 fully saturated rings. The first-order valence-electron chi connectivity index (χ1n) is 6.88. The Morgan fingerprint density at radius 1 is 1.05 bits per heavy atom. The Morgan fingerprint density at radius 3 is 2.52 bits per heavy atom. The molecule has 106 valence electrons. The molecule has 1 aliphatic rings. The number of piperazine rings is 1. The fourth-order valence-electron chi connectivity index (χ4n) is 2.53. The minimum absolute atomic E-state index is 0.650. The molecule has 5 heteroatoms. The molecule has 0 saturated carbocycles. The van der Waals surface area contributed by atoms with Gasteiger partial charge in [-0.25, -0.2) is 4.98 Å². The molecule has 0 unspecified atom stereocenters. The molecule has 1 aliphatic heterocycles. The van der Waals surface area contributed by atoms with Crippen LogP contribution in [0.15, 0.2) is 42.6 Å². The molecule has 2 heterocycles. The van der Waals surface area contributed by atoms with Gasteiger partial charge in [-0.1, -0.05) is 17.7 Å². The van der Waals surface area contributed by atoms with Crippen molar-refractivity contribution in [3.8, 4) is 6.07 Å². The molecule has 0 atom stereocenters. The van der Waals surface area contributed by atoms with Gasteiger partial charge in [0.2, 0.25) is 0 Å². The largest absolute Gasteiger partial charge is 0.368 e. The molecule has 2 aromatic rings. The van der Waals surface area contributed by atoms with Crippen LogP contribution in [0.4, 0.5) is 11.5 Å². The van der Waals surface area contributed by atoms with E-state index in [9.17, 15) is 0 Å². The van der Waals surface area contributed by atoms with Gasteiger partial charge in [0.1, 0.15) is 5.82 Å². The highest BCUT2D eigenvalue weighted by Crippen LogP contribution is 2.22. The van der Waals surface area contributed by atoms with Crippen molar-refractivity contribution in [3.63, 3.8) is 0 Å². The van der Waals surface area contributed by atoms with Gasteiger partial charge in [-0.2, -0.15) is 5.26 Å². The van der Waals surface area contributed by atoms with Crippen molar-refractivity contribution in [1.29, 1.82) is 5.26 Å². The predicted octanol–water partition coefficient (Wildman–Crippen LogP) is 2.93. The quantitative estimate of drug-likeness (QED) is 0.855. The maximum absolute atomic E-state index is 8.96. The highest BCUT2D eigenvalue weighted by molar-refractivity contribution is 6.30. The average Bonchev–Trinajstić information content (AvgIpc) is 2.55. The number of anilines is 2. The molecule has 0 radical (unpaired) electrons. The smallest absolute Gasteiger partial charge is 0.129 e. The molecule has 4 nitrogen and oxygen atoms in total. The third-order valence-electron chi connectivity index (χ3n) is 3.65. The molecule has 0 spiro atoms. The van der Waals surface area contributed by atoms with Gasteiger partial charge in [0.05, 0.1) is 11.6 Å². The maximum atomic E-state index is 8.96. The molecular formula is C16H15ClN4. The first-order chi connectivity index (χ1) is 10.3. The summed E-state index contributed by atoms with van der Waals surface area (Å²) in [6.07, 6.45) is 1.69. The number of halogens is 1. The number of hydrogen-bond acceptors (Lipinski definition) is 4. The number of rotatable bonds is 2. The normalized spacial score (nSPS) is 14.9. The summed E-state index contributed by atoms with van der Waals surface area (Å²) in [6, 6.07) is 13.7. The van der Waals surface area contributed by atoms with Crippen LogP contribution in [0.3, 0.4) is 0 Å². The molecule has 1 aromatic heterocycles. The summed E-state index contributed by atoms with van der Waals surface area (Å²) >= 11 is 6.04. The van der Waals surface area contributed by atoms with E-state index in [2.05, 4.69) is 26.9 Å². The summed E-state index contributed by atoms with van der Waals surface area (Å²) in [4.78, 5) is 8.88. The van der Waals surface area contributed by atoms with Gasteiger partial charge in [-0.3, -0.25) is 0 Å². The van der Waals surface area contributed by atoms with E-state index in [0.29, 0.717) is 5.56 Å². The summed E-state index contributed by atoms with van der Waals surface area (Å²) in [5.41, 5.74) is 1.80. The second-order valence-corrected chi connectivity index (χ2v) is 5.40. The molecule has 1 aromatic carbocycles. The SMILES string of the molecule is N#Cc1ccnc(N2CCN(c3cccc(Cl)c3)CC2)c1. The number of pyridine rings is 1. The van der Waals surface area contributed by atoms with Gasteiger partial charge in [0.15, 0.2) is 0 Å². The van der Waals surface area contributed by atoms with Crippen molar-refractivity contribution >= 4 is 23.1 Å².